The van der Waals surface area contributed by atoms with Gasteiger partial charge in [0.25, 0.3) is 5.91 Å². The second-order valence-corrected chi connectivity index (χ2v) is 8.85. The highest BCUT2D eigenvalue weighted by Gasteiger charge is 2.28. The number of amides is 1. The van der Waals surface area contributed by atoms with Crippen molar-refractivity contribution in [2.75, 3.05) is 45.3 Å². The van der Waals surface area contributed by atoms with Gasteiger partial charge in [-0.15, -0.1) is 0 Å². The van der Waals surface area contributed by atoms with Crippen LogP contribution >= 0.6 is 0 Å². The van der Waals surface area contributed by atoms with Crippen LogP contribution < -0.4 is 10.5 Å². The number of carbonyl (C=O) groups is 1. The molecule has 0 aliphatic carbocycles. The highest BCUT2D eigenvalue weighted by Crippen LogP contribution is 2.30. The molecule has 7 nitrogen and oxygen atoms in total. The molecule has 0 radical (unpaired) electrons. The van der Waals surface area contributed by atoms with Crippen LogP contribution in [0.5, 0.6) is 5.75 Å². The van der Waals surface area contributed by atoms with Crippen molar-refractivity contribution in [2.24, 2.45) is 0 Å². The monoisotopic (exact) mass is 383 g/mol. The van der Waals surface area contributed by atoms with E-state index in [-0.39, 0.29) is 33.6 Å². The SMILES string of the molecule is CCN1CCC[C@@H]1CN(C)C(=O)c1cc(S(=O)(=O)CC)c(N)cc1OC. The summed E-state index contributed by atoms with van der Waals surface area (Å²) in [4.78, 5) is 16.9. The number of nitrogens with zero attached hydrogens (tertiary/aromatic N) is 2. The molecular formula is C18H29N3O4S. The summed E-state index contributed by atoms with van der Waals surface area (Å²) in [6, 6.07) is 3.09. The van der Waals surface area contributed by atoms with Crippen molar-refractivity contribution in [2.45, 2.75) is 37.6 Å². The number of anilines is 1. The van der Waals surface area contributed by atoms with E-state index in [0.717, 1.165) is 25.9 Å². The van der Waals surface area contributed by atoms with Crippen LogP contribution in [-0.2, 0) is 9.84 Å². The molecule has 1 aromatic rings. The van der Waals surface area contributed by atoms with E-state index >= 15 is 0 Å². The van der Waals surface area contributed by atoms with Crippen LogP contribution in [0.15, 0.2) is 17.0 Å². The van der Waals surface area contributed by atoms with E-state index in [0.29, 0.717) is 12.6 Å². The third-order valence-electron chi connectivity index (χ3n) is 5.01. The molecular weight excluding hydrogens is 354 g/mol. The number of nitrogens with two attached hydrogens (primary N) is 1. The van der Waals surface area contributed by atoms with E-state index in [2.05, 4.69) is 11.8 Å². The van der Waals surface area contributed by atoms with Crippen LogP contribution in [0.2, 0.25) is 0 Å². The van der Waals surface area contributed by atoms with Gasteiger partial charge in [0, 0.05) is 25.7 Å². The fourth-order valence-electron chi connectivity index (χ4n) is 3.46. The Morgan fingerprint density at radius 3 is 2.65 bits per heavy atom. The Hall–Kier alpha value is -1.80. The lowest BCUT2D eigenvalue weighted by molar-refractivity contribution is 0.0751. The molecule has 1 aliphatic heterocycles. The smallest absolute Gasteiger partial charge is 0.257 e. The first-order chi connectivity index (χ1) is 12.2. The van der Waals surface area contributed by atoms with Gasteiger partial charge in [0.2, 0.25) is 0 Å². The lowest BCUT2D eigenvalue weighted by Gasteiger charge is -2.28. The zero-order valence-corrected chi connectivity index (χ0v) is 16.8. The predicted molar refractivity (Wildman–Crippen MR) is 102 cm³/mol. The third kappa shape index (κ3) is 4.12. The standard InChI is InChI=1S/C18H29N3O4S/c1-5-21-9-7-8-13(21)12-20(3)18(22)14-10-17(26(23,24)6-2)15(19)11-16(14)25-4/h10-11,13H,5-9,12,19H2,1-4H3/t13-/m1/s1. The van der Waals surface area contributed by atoms with Crippen LogP contribution in [0.25, 0.3) is 0 Å². The zero-order valence-electron chi connectivity index (χ0n) is 16.0. The molecule has 0 aromatic heterocycles. The Balaban J connectivity index is 2.33. The molecule has 0 spiro atoms. The highest BCUT2D eigenvalue weighted by molar-refractivity contribution is 7.91. The molecule has 1 heterocycles. The first kappa shape index (κ1) is 20.5. The Bertz CT molecular complexity index is 764. The number of hydrogen-bond donors (Lipinski definition) is 1. The number of benzene rings is 1. The van der Waals surface area contributed by atoms with E-state index < -0.39 is 9.84 Å². The number of likely N-dealkylation sites (N-methyl/N-ethyl adjacent to an activating group) is 2. The van der Waals surface area contributed by atoms with Gasteiger partial charge in [-0.1, -0.05) is 13.8 Å². The quantitative estimate of drug-likeness (QED) is 0.720. The van der Waals surface area contributed by atoms with Crippen molar-refractivity contribution < 1.29 is 17.9 Å². The van der Waals surface area contributed by atoms with Gasteiger partial charge in [0.05, 0.1) is 29.0 Å². The molecule has 1 fully saturated rings. The van der Waals surface area contributed by atoms with Crippen LogP contribution in [0.1, 0.15) is 37.0 Å². The first-order valence-corrected chi connectivity index (χ1v) is 10.6. The predicted octanol–water partition coefficient (Wildman–Crippen LogP) is 1.63. The summed E-state index contributed by atoms with van der Waals surface area (Å²) in [5.74, 6) is -0.0638. The van der Waals surface area contributed by atoms with Gasteiger partial charge in [-0.2, -0.15) is 0 Å². The van der Waals surface area contributed by atoms with E-state index in [4.69, 9.17) is 10.5 Å². The molecule has 0 unspecified atom stereocenters. The Kier molecular flexibility index (Phi) is 6.52. The number of carbonyl (C=O) groups excluding carboxylic acids is 1. The zero-order chi connectivity index (χ0) is 19.5. The van der Waals surface area contributed by atoms with Crippen LogP contribution in [0.3, 0.4) is 0 Å². The lowest BCUT2D eigenvalue weighted by atomic mass is 10.1. The van der Waals surface area contributed by atoms with Gasteiger partial charge >= 0.3 is 0 Å². The number of methoxy groups -OCH3 is 1. The van der Waals surface area contributed by atoms with Gasteiger partial charge in [-0.05, 0) is 32.0 Å². The molecule has 26 heavy (non-hydrogen) atoms. The number of ether oxygens (including phenoxy) is 1. The second-order valence-electron chi connectivity index (χ2n) is 6.60. The molecule has 1 aromatic carbocycles. The second kappa shape index (κ2) is 8.26. The summed E-state index contributed by atoms with van der Waals surface area (Å²) in [5, 5.41) is 0. The maximum atomic E-state index is 13.0. The molecule has 2 rings (SSSR count). The number of hydrogen-bond acceptors (Lipinski definition) is 6. The fraction of sp³-hybridized carbons (Fsp3) is 0.611. The first-order valence-electron chi connectivity index (χ1n) is 8.94. The molecule has 8 heteroatoms. The molecule has 146 valence electrons. The number of nitrogen functional groups attached to an aromatic ring is 1. The van der Waals surface area contributed by atoms with Gasteiger partial charge in [0.1, 0.15) is 5.75 Å². The van der Waals surface area contributed by atoms with Gasteiger partial charge in [-0.25, -0.2) is 8.42 Å². The van der Waals surface area contributed by atoms with Crippen molar-refractivity contribution in [1.82, 2.24) is 9.80 Å². The summed E-state index contributed by atoms with van der Waals surface area (Å²) < 4.78 is 29.8. The summed E-state index contributed by atoms with van der Waals surface area (Å²) >= 11 is 0. The molecule has 0 bridgehead atoms. The minimum Gasteiger partial charge on any atom is -0.496 e. The summed E-state index contributed by atoms with van der Waals surface area (Å²) in [6.45, 7) is 6.26. The van der Waals surface area contributed by atoms with Crippen molar-refractivity contribution in [3.63, 3.8) is 0 Å². The lowest BCUT2D eigenvalue weighted by Crippen LogP contribution is -2.41. The Morgan fingerprint density at radius 1 is 1.38 bits per heavy atom. The van der Waals surface area contributed by atoms with Crippen molar-refractivity contribution in [3.8, 4) is 5.75 Å². The number of sulfone groups is 1. The fourth-order valence-corrected chi connectivity index (χ4v) is 4.49. The topological polar surface area (TPSA) is 92.9 Å². The Labute approximate surface area is 156 Å². The maximum Gasteiger partial charge on any atom is 0.257 e. The van der Waals surface area contributed by atoms with Gasteiger partial charge in [0.15, 0.2) is 9.84 Å². The average Bonchev–Trinajstić information content (AvgIpc) is 3.07. The van der Waals surface area contributed by atoms with Crippen molar-refractivity contribution >= 4 is 21.4 Å². The molecule has 2 N–H and O–H groups in total. The molecule has 0 saturated carbocycles. The number of likely N-dealkylation sites (tertiary alicyclic amines) is 1. The van der Waals surface area contributed by atoms with Crippen LogP contribution in [-0.4, -0.2) is 69.7 Å². The van der Waals surface area contributed by atoms with E-state index in [1.54, 1.807) is 18.9 Å². The van der Waals surface area contributed by atoms with E-state index in [1.165, 1.54) is 19.2 Å². The van der Waals surface area contributed by atoms with Crippen molar-refractivity contribution in [3.05, 3.63) is 17.7 Å². The largest absolute Gasteiger partial charge is 0.496 e. The van der Waals surface area contributed by atoms with Crippen LogP contribution in [0.4, 0.5) is 5.69 Å². The molecule has 1 atom stereocenters. The van der Waals surface area contributed by atoms with E-state index in [9.17, 15) is 13.2 Å². The maximum absolute atomic E-state index is 13.0. The minimum absolute atomic E-state index is 0.0198. The van der Waals surface area contributed by atoms with Gasteiger partial charge in [-0.3, -0.25) is 9.69 Å². The highest BCUT2D eigenvalue weighted by atomic mass is 32.2. The number of rotatable bonds is 7. The van der Waals surface area contributed by atoms with E-state index in [1.807, 2.05) is 0 Å². The van der Waals surface area contributed by atoms with Gasteiger partial charge < -0.3 is 15.4 Å². The summed E-state index contributed by atoms with van der Waals surface area (Å²) in [7, 11) is -0.356. The summed E-state index contributed by atoms with van der Waals surface area (Å²) in [6.07, 6.45) is 2.18. The Morgan fingerprint density at radius 2 is 2.08 bits per heavy atom. The average molecular weight is 384 g/mol. The normalized spacial score (nSPS) is 18.1. The van der Waals surface area contributed by atoms with Crippen molar-refractivity contribution in [1.29, 1.82) is 0 Å². The minimum atomic E-state index is -3.53. The summed E-state index contributed by atoms with van der Waals surface area (Å²) in [5.41, 5.74) is 6.19. The third-order valence-corrected chi connectivity index (χ3v) is 6.80. The molecule has 1 amide bonds. The molecule has 1 aliphatic rings. The molecule has 1 saturated heterocycles. The van der Waals surface area contributed by atoms with Crippen LogP contribution in [0, 0.1) is 0 Å².